The fourth-order valence-electron chi connectivity index (χ4n) is 7.48. The molecule has 0 N–H and O–H groups in total. The Labute approximate surface area is 301 Å². The van der Waals surface area contributed by atoms with Crippen LogP contribution in [-0.2, 0) is 0 Å². The van der Waals surface area contributed by atoms with Crippen molar-refractivity contribution in [3.05, 3.63) is 182 Å². The first kappa shape index (κ1) is 30.0. The molecule has 0 unspecified atom stereocenters. The Hall–Kier alpha value is -6.85. The van der Waals surface area contributed by atoms with Gasteiger partial charge in [0.25, 0.3) is 0 Å². The van der Waals surface area contributed by atoms with E-state index >= 15 is 0 Å². The largest absolute Gasteiger partial charge is 0.293 e. The monoisotopic (exact) mass is 667 g/mol. The maximum absolute atomic E-state index is 5.33. The van der Waals surface area contributed by atoms with Gasteiger partial charge in [-0.25, -0.2) is 15.0 Å². The van der Waals surface area contributed by atoms with Crippen molar-refractivity contribution in [2.24, 2.45) is 0 Å². The van der Waals surface area contributed by atoms with Gasteiger partial charge in [0.05, 0.1) is 33.5 Å². The van der Waals surface area contributed by atoms with Crippen molar-refractivity contribution in [3.63, 3.8) is 0 Å². The van der Waals surface area contributed by atoms with Crippen LogP contribution in [-0.4, -0.2) is 24.1 Å². The smallest absolute Gasteiger partial charge is 0.145 e. The van der Waals surface area contributed by atoms with Gasteiger partial charge in [0, 0.05) is 33.5 Å². The maximum Gasteiger partial charge on any atom is 0.145 e. The second-order valence-corrected chi connectivity index (χ2v) is 13.2. The molecule has 5 heteroatoms. The van der Waals surface area contributed by atoms with Gasteiger partial charge in [-0.2, -0.15) is 0 Å². The second-order valence-electron chi connectivity index (χ2n) is 13.2. The van der Waals surface area contributed by atoms with Crippen LogP contribution in [0.2, 0.25) is 0 Å². The molecular formula is C47H33N5. The number of fused-ring (bicyclic) bond motifs is 3. The third-order valence-electron chi connectivity index (χ3n) is 10.0. The highest BCUT2D eigenvalue weighted by molar-refractivity contribution is 5.97. The van der Waals surface area contributed by atoms with Gasteiger partial charge in [-0.05, 0) is 78.4 Å². The van der Waals surface area contributed by atoms with Crippen molar-refractivity contribution in [3.8, 4) is 45.3 Å². The number of para-hydroxylation sites is 4. The Morgan fingerprint density at radius 1 is 0.481 bits per heavy atom. The van der Waals surface area contributed by atoms with E-state index in [1.165, 1.54) is 5.57 Å². The highest BCUT2D eigenvalue weighted by atomic mass is 15.1. The molecule has 0 amide bonds. The summed E-state index contributed by atoms with van der Waals surface area (Å²) in [5, 5.41) is 2.28. The van der Waals surface area contributed by atoms with Gasteiger partial charge in [0.2, 0.25) is 0 Å². The molecule has 0 saturated heterocycles. The molecule has 246 valence electrons. The van der Waals surface area contributed by atoms with Gasteiger partial charge in [-0.3, -0.25) is 9.13 Å². The van der Waals surface area contributed by atoms with Crippen molar-refractivity contribution >= 4 is 38.4 Å². The first-order valence-corrected chi connectivity index (χ1v) is 17.8. The minimum absolute atomic E-state index is 0.923. The average molecular weight is 668 g/mol. The van der Waals surface area contributed by atoms with Crippen LogP contribution in [0.4, 0.5) is 0 Å². The molecule has 3 heterocycles. The Morgan fingerprint density at radius 2 is 1.08 bits per heavy atom. The molecule has 0 aliphatic heterocycles. The molecule has 5 nitrogen and oxygen atoms in total. The first-order chi connectivity index (χ1) is 25.8. The van der Waals surface area contributed by atoms with E-state index < -0.39 is 0 Å². The van der Waals surface area contributed by atoms with E-state index in [2.05, 4.69) is 173 Å². The molecule has 0 radical (unpaired) electrons. The number of nitrogens with zero attached hydrogens (tertiary/aromatic N) is 5. The minimum Gasteiger partial charge on any atom is -0.293 e. The van der Waals surface area contributed by atoms with Gasteiger partial charge in [0.15, 0.2) is 0 Å². The molecule has 10 rings (SSSR count). The van der Waals surface area contributed by atoms with Crippen LogP contribution in [0.15, 0.2) is 176 Å². The lowest BCUT2D eigenvalue weighted by molar-refractivity contribution is 0.982. The average Bonchev–Trinajstić information content (AvgIpc) is 3.81. The van der Waals surface area contributed by atoms with Gasteiger partial charge in [0.1, 0.15) is 11.6 Å². The third kappa shape index (κ3) is 5.14. The van der Waals surface area contributed by atoms with Crippen LogP contribution in [0.5, 0.6) is 0 Å². The molecule has 0 saturated carbocycles. The van der Waals surface area contributed by atoms with E-state index in [0.29, 0.717) is 0 Å². The van der Waals surface area contributed by atoms with Gasteiger partial charge >= 0.3 is 0 Å². The van der Waals surface area contributed by atoms with Crippen LogP contribution in [0, 0.1) is 0 Å². The van der Waals surface area contributed by atoms with Gasteiger partial charge in [-0.1, -0.05) is 121 Å². The molecule has 9 aromatic rings. The van der Waals surface area contributed by atoms with E-state index in [4.69, 9.17) is 15.0 Å². The zero-order valence-electron chi connectivity index (χ0n) is 28.4. The maximum atomic E-state index is 5.33. The number of benzene rings is 6. The number of hydrogen-bond acceptors (Lipinski definition) is 3. The molecule has 6 aromatic carbocycles. The van der Waals surface area contributed by atoms with Gasteiger partial charge < -0.3 is 0 Å². The lowest BCUT2D eigenvalue weighted by atomic mass is 10.0. The van der Waals surface area contributed by atoms with Crippen molar-refractivity contribution in [1.29, 1.82) is 0 Å². The molecule has 52 heavy (non-hydrogen) atoms. The summed E-state index contributed by atoms with van der Waals surface area (Å²) in [6.45, 7) is 0. The fraction of sp³-hybridized carbons (Fsp3) is 0.0426. The van der Waals surface area contributed by atoms with E-state index in [-0.39, 0.29) is 0 Å². The molecule has 3 aromatic heterocycles. The second kappa shape index (κ2) is 12.5. The van der Waals surface area contributed by atoms with Crippen LogP contribution in [0.3, 0.4) is 0 Å². The predicted octanol–water partition coefficient (Wildman–Crippen LogP) is 11.6. The number of aromatic nitrogens is 5. The first-order valence-electron chi connectivity index (χ1n) is 17.8. The van der Waals surface area contributed by atoms with E-state index in [1.807, 2.05) is 12.1 Å². The molecule has 1 aliphatic rings. The van der Waals surface area contributed by atoms with E-state index in [0.717, 1.165) is 96.8 Å². The lowest BCUT2D eigenvalue weighted by Crippen LogP contribution is -2.02. The third-order valence-corrected chi connectivity index (χ3v) is 10.0. The minimum atomic E-state index is 0.923. The molecule has 0 atom stereocenters. The summed E-state index contributed by atoms with van der Waals surface area (Å²) in [7, 11) is 0. The van der Waals surface area contributed by atoms with Crippen molar-refractivity contribution in [2.45, 2.75) is 12.8 Å². The summed E-state index contributed by atoms with van der Waals surface area (Å²) in [6, 6.07) is 55.3. The Balaban J connectivity index is 1.05. The number of imidazole rings is 2. The predicted molar refractivity (Wildman–Crippen MR) is 214 cm³/mol. The Kier molecular flexibility index (Phi) is 7.21. The lowest BCUT2D eigenvalue weighted by Gasteiger charge is -2.14. The standard InChI is InChI=1S/C47H33N5/c1-3-13-34(14-4-1)46-49-40-19-9-11-21-43(40)51(46)37-27-23-32(24-28-37)42-31-36-17-7-8-18-39(36)45(48-42)33-25-29-38(30-26-33)52-44-22-12-10-20-41(44)50-47(52)35-15-5-2-6-16-35/h1-3,5-13,15-31H,4,14H2. The highest BCUT2D eigenvalue weighted by Crippen LogP contribution is 2.35. The van der Waals surface area contributed by atoms with Crippen molar-refractivity contribution < 1.29 is 0 Å². The topological polar surface area (TPSA) is 48.5 Å². The van der Waals surface area contributed by atoms with Crippen molar-refractivity contribution in [1.82, 2.24) is 24.1 Å². The number of rotatable bonds is 6. The van der Waals surface area contributed by atoms with Crippen LogP contribution < -0.4 is 0 Å². The zero-order chi connectivity index (χ0) is 34.4. The summed E-state index contributed by atoms with van der Waals surface area (Å²) in [5.74, 6) is 1.93. The van der Waals surface area contributed by atoms with E-state index in [9.17, 15) is 0 Å². The van der Waals surface area contributed by atoms with E-state index in [1.54, 1.807) is 0 Å². The van der Waals surface area contributed by atoms with Crippen LogP contribution in [0.25, 0.3) is 83.7 Å². The molecule has 0 spiro atoms. The summed E-state index contributed by atoms with van der Waals surface area (Å²) in [4.78, 5) is 15.4. The zero-order valence-corrected chi connectivity index (χ0v) is 28.4. The fourth-order valence-corrected chi connectivity index (χ4v) is 7.48. The number of pyridine rings is 1. The quantitative estimate of drug-likeness (QED) is 0.177. The van der Waals surface area contributed by atoms with Crippen molar-refractivity contribution in [2.75, 3.05) is 0 Å². The summed E-state index contributed by atoms with van der Waals surface area (Å²) in [6.07, 6.45) is 8.57. The summed E-state index contributed by atoms with van der Waals surface area (Å²) < 4.78 is 4.53. The number of allylic oxidation sites excluding steroid dienone is 4. The SMILES string of the molecule is C1=CCCC(c2nc3ccccc3n2-c2ccc(-c3cc4ccccc4c(-c4ccc(-n5c(-c6ccccc6)nc6ccccc65)cc4)n3)cc2)=C1. The Bertz CT molecular complexity index is 2820. The molecular weight excluding hydrogens is 635 g/mol. The normalized spacial score (nSPS) is 12.9. The van der Waals surface area contributed by atoms with Crippen LogP contribution in [0.1, 0.15) is 18.7 Å². The molecule has 0 bridgehead atoms. The molecule has 0 fully saturated rings. The van der Waals surface area contributed by atoms with Crippen LogP contribution >= 0.6 is 0 Å². The van der Waals surface area contributed by atoms with Gasteiger partial charge in [-0.15, -0.1) is 0 Å². The summed E-state index contributed by atoms with van der Waals surface area (Å²) in [5.41, 5.74) is 12.7. The number of hydrogen-bond donors (Lipinski definition) is 0. The molecule has 1 aliphatic carbocycles. The Morgan fingerprint density at radius 3 is 1.77 bits per heavy atom. The summed E-state index contributed by atoms with van der Waals surface area (Å²) >= 11 is 0. The highest BCUT2D eigenvalue weighted by Gasteiger charge is 2.18.